The molecule has 12 aromatic heterocycles. The van der Waals surface area contributed by atoms with Gasteiger partial charge in [-0.15, -0.1) is 0 Å². The summed E-state index contributed by atoms with van der Waals surface area (Å²) in [6, 6.07) is 58.7. The molecule has 107 heavy (non-hydrogen) atoms. The Bertz CT molecular complexity index is 6270. The van der Waals surface area contributed by atoms with E-state index in [0.29, 0.717) is 11.5 Å². The molecule has 24 heteroatoms. The lowest BCUT2D eigenvalue weighted by atomic mass is 10.2. The molecule has 0 saturated heterocycles. The second-order valence-corrected chi connectivity index (χ2v) is 27.9. The van der Waals surface area contributed by atoms with Crippen LogP contribution >= 0.6 is 0 Å². The SMILES string of the molecule is C[C@@H]1N(c2cn3c4ccccc4nc3n2C)C=CN1c1cccc[n+]1C.C[C@@H]1N(c2cn3c4ccccc4nc3n2C)c2ccccc2N1c1cccc[n+]1C.C[C@@H]1N(c2cn3ccnc3n2C)c2ccccc2N1c1cccc[n+]1C.[2H]C([2H])([2H])c1nc2n(C)c(N3C=CN(c4cccc[n+]4C)[C@@H]3C)c(C)n2c1C. The van der Waals surface area contributed by atoms with E-state index in [2.05, 4.69) is 366 Å². The van der Waals surface area contributed by atoms with E-state index < -0.39 is 6.85 Å². The van der Waals surface area contributed by atoms with Gasteiger partial charge in [0.05, 0.1) is 116 Å². The molecule has 16 heterocycles. The van der Waals surface area contributed by atoms with Crippen LogP contribution in [-0.2, 0) is 56.4 Å². The number of para-hydroxylation sites is 8. The van der Waals surface area contributed by atoms with Gasteiger partial charge in [-0.05, 0) is 121 Å². The van der Waals surface area contributed by atoms with Crippen LogP contribution < -0.4 is 57.5 Å². The van der Waals surface area contributed by atoms with Gasteiger partial charge in [-0.2, -0.15) is 0 Å². The number of hydrogen-bond acceptors (Lipinski definition) is 12. The molecule has 16 aromatic rings. The van der Waals surface area contributed by atoms with Crippen molar-refractivity contribution >= 4 is 114 Å². The summed E-state index contributed by atoms with van der Waals surface area (Å²) in [7, 11) is 16.4. The third-order valence-electron chi connectivity index (χ3n) is 21.7. The molecule has 0 radical (unpaired) electrons. The lowest BCUT2D eigenvalue weighted by Gasteiger charge is -2.25. The third kappa shape index (κ3) is 10.8. The molecule has 4 aliphatic heterocycles. The van der Waals surface area contributed by atoms with E-state index in [-0.39, 0.29) is 30.4 Å². The molecule has 538 valence electrons. The highest BCUT2D eigenvalue weighted by molar-refractivity contribution is 5.89. The normalized spacial score (nSPS) is 17.2. The number of rotatable bonds is 8. The minimum Gasteiger partial charge on any atom is -0.299 e. The number of aryl methyl sites for hydroxylation is 11. The summed E-state index contributed by atoms with van der Waals surface area (Å²) in [5, 5.41) is 0. The van der Waals surface area contributed by atoms with Crippen LogP contribution in [0.3, 0.4) is 0 Å². The first-order valence-corrected chi connectivity index (χ1v) is 36.1. The Morgan fingerprint density at radius 3 is 1.25 bits per heavy atom. The molecule has 4 atom stereocenters. The Labute approximate surface area is 625 Å². The van der Waals surface area contributed by atoms with Crippen molar-refractivity contribution in [1.82, 2.24) is 55.8 Å². The maximum Gasteiger partial charge on any atom is 0.283 e. The van der Waals surface area contributed by atoms with Crippen molar-refractivity contribution in [3.05, 3.63) is 268 Å². The van der Waals surface area contributed by atoms with Gasteiger partial charge in [0.25, 0.3) is 23.3 Å². The van der Waals surface area contributed by atoms with Crippen molar-refractivity contribution in [1.29, 1.82) is 0 Å². The van der Waals surface area contributed by atoms with Gasteiger partial charge in [0.15, 0.2) is 36.0 Å². The second-order valence-electron chi connectivity index (χ2n) is 27.9. The largest absolute Gasteiger partial charge is 0.299 e. The van der Waals surface area contributed by atoms with Gasteiger partial charge in [0.1, 0.15) is 35.7 Å². The summed E-state index contributed by atoms with van der Waals surface area (Å²) in [4.78, 5) is 37.0. The highest BCUT2D eigenvalue weighted by atomic mass is 15.5. The van der Waals surface area contributed by atoms with Crippen LogP contribution in [-0.4, -0.2) is 80.5 Å². The topological polar surface area (TPSA) is 130 Å². The number of pyridine rings is 4. The van der Waals surface area contributed by atoms with Crippen molar-refractivity contribution in [2.75, 3.05) is 39.2 Å². The summed E-state index contributed by atoms with van der Waals surface area (Å²) >= 11 is 0. The average Bonchev–Trinajstić information content (AvgIpc) is 1.58. The Balaban J connectivity index is 0.000000107. The smallest absolute Gasteiger partial charge is 0.283 e. The quantitative estimate of drug-likeness (QED) is 0.134. The molecule has 24 nitrogen and oxygen atoms in total. The number of hydrogen-bond donors (Lipinski definition) is 0. The number of anilines is 12. The van der Waals surface area contributed by atoms with Crippen molar-refractivity contribution in [2.24, 2.45) is 56.4 Å². The lowest BCUT2D eigenvalue weighted by Crippen LogP contribution is -2.43. The molecule has 20 rings (SSSR count). The van der Waals surface area contributed by atoms with Crippen LogP contribution in [0.25, 0.3) is 45.2 Å². The average molecular weight is 1430 g/mol. The molecule has 0 saturated carbocycles. The molecule has 0 fully saturated rings. The summed E-state index contributed by atoms with van der Waals surface area (Å²) < 4.78 is 48.5. The molecule has 4 aliphatic rings. The Morgan fingerprint density at radius 1 is 0.374 bits per heavy atom. The van der Waals surface area contributed by atoms with Crippen molar-refractivity contribution in [3.63, 3.8) is 0 Å². The summed E-state index contributed by atoms with van der Waals surface area (Å²) in [5.74, 6) is 12.4. The van der Waals surface area contributed by atoms with E-state index in [1.807, 2.05) is 85.8 Å². The second kappa shape index (κ2) is 26.2. The standard InChI is InChI=1S/C24H23N6.2C20H21N6.C19H25N6/c1-17-29(22-14-8-9-15-26(22)2)20-12-6-7-13-21(20)30(17)23-16-28-19-11-5-4-10-18(19)25-24(28)27(23)3;1-15-25(18-10-6-7-12-22(18)2)16-8-4-5-9-17(16)26(15)19-14-24-13-11-21-20(24)23(19)3;1-15-24(18-10-6-7-11-22(18)2)12-13-25(15)19-14-26-17-9-5-4-8-16(17)21-20(26)23(19)3;1-13-14(2)25-15(3)18(22(6)19(25)20-13)24-12-11-23(16(24)4)17-9-7-8-10-21(17)5/h4-17H,1-3H3;2*4-15H,1-3H3;7-12,16H,1-6H3/q4*+1/t17-;2*15-;16-/m0000/s1/i;;;1D3. The number of aromatic nitrogens is 16. The van der Waals surface area contributed by atoms with Crippen LogP contribution in [0.1, 0.15) is 48.9 Å². The van der Waals surface area contributed by atoms with E-state index in [1.165, 1.54) is 22.7 Å². The van der Waals surface area contributed by atoms with Crippen molar-refractivity contribution in [2.45, 2.75) is 73.1 Å². The maximum absolute atomic E-state index is 7.74. The Morgan fingerprint density at radius 2 is 0.776 bits per heavy atom. The Hall–Kier alpha value is -13.1. The van der Waals surface area contributed by atoms with Gasteiger partial charge in [0.2, 0.25) is 23.1 Å². The first-order chi connectivity index (χ1) is 53.1. The zero-order chi connectivity index (χ0) is 76.5. The fourth-order valence-corrected chi connectivity index (χ4v) is 16.2. The van der Waals surface area contributed by atoms with E-state index in [0.717, 1.165) is 91.6 Å². The van der Waals surface area contributed by atoms with E-state index >= 15 is 0 Å². The summed E-state index contributed by atoms with van der Waals surface area (Å²) in [6.45, 7) is 10.4. The minimum absolute atomic E-state index is 0.0630. The number of nitrogens with zero attached hydrogens (tertiary/aromatic N) is 24. The predicted octanol–water partition coefficient (Wildman–Crippen LogP) is 12.8. The summed E-state index contributed by atoms with van der Waals surface area (Å²) in [6.07, 6.45) is 27.5. The number of benzene rings is 4. The van der Waals surface area contributed by atoms with Gasteiger partial charge in [-0.3, -0.25) is 55.5 Å². The fourth-order valence-electron chi connectivity index (χ4n) is 16.2. The maximum atomic E-state index is 7.74. The zero-order valence-corrected chi connectivity index (χ0v) is 62.7. The molecule has 0 amide bonds. The van der Waals surface area contributed by atoms with Crippen LogP contribution in [0.15, 0.2) is 250 Å². The molecular weight excluding hydrogens is 1330 g/mol. The number of fused-ring (bicyclic) bond motifs is 10. The lowest BCUT2D eigenvalue weighted by molar-refractivity contribution is -0.658. The predicted molar refractivity (Wildman–Crippen MR) is 424 cm³/mol. The molecular formula is C83H90N24+4. The van der Waals surface area contributed by atoms with Crippen molar-refractivity contribution in [3.8, 4) is 0 Å². The van der Waals surface area contributed by atoms with E-state index in [1.54, 1.807) is 0 Å². The van der Waals surface area contributed by atoms with Crippen molar-refractivity contribution < 1.29 is 22.4 Å². The first kappa shape index (κ1) is 63.6. The molecule has 4 aromatic carbocycles. The zero-order valence-electron chi connectivity index (χ0n) is 65.7. The minimum atomic E-state index is -2.22. The molecule has 0 aliphatic carbocycles. The highest BCUT2D eigenvalue weighted by Crippen LogP contribution is 2.49. The molecule has 0 spiro atoms. The van der Waals surface area contributed by atoms with E-state index in [4.69, 9.17) is 14.1 Å². The summed E-state index contributed by atoms with van der Waals surface area (Å²) in [5.41, 5.74) is 10.9. The Kier molecular flexibility index (Phi) is 15.6. The molecule has 0 unspecified atom stereocenters. The van der Waals surface area contributed by atoms with Gasteiger partial charge < -0.3 is 0 Å². The fraction of sp³-hybridized carbons (Fsp3) is 0.229. The molecule has 0 bridgehead atoms. The van der Waals surface area contributed by atoms with Crippen LogP contribution in [0.4, 0.5) is 69.3 Å². The van der Waals surface area contributed by atoms with Crippen LogP contribution in [0, 0.1) is 20.7 Å². The van der Waals surface area contributed by atoms with Gasteiger partial charge in [-0.1, -0.05) is 72.8 Å². The van der Waals surface area contributed by atoms with Crippen LogP contribution in [0.2, 0.25) is 0 Å². The first-order valence-electron chi connectivity index (χ1n) is 37.6. The molecule has 0 N–H and O–H groups in total. The number of imidazole rings is 8. The third-order valence-corrected chi connectivity index (χ3v) is 21.7. The van der Waals surface area contributed by atoms with Gasteiger partial charge in [-0.25, -0.2) is 57.8 Å². The van der Waals surface area contributed by atoms with Crippen LogP contribution in [0.5, 0.6) is 0 Å². The van der Waals surface area contributed by atoms with E-state index in [9.17, 15) is 0 Å². The monoisotopic (exact) mass is 1430 g/mol. The van der Waals surface area contributed by atoms with Gasteiger partial charge in [0, 0.05) is 87.1 Å². The van der Waals surface area contributed by atoms with Gasteiger partial charge >= 0.3 is 0 Å². The highest BCUT2D eigenvalue weighted by Gasteiger charge is 2.45.